The SMILES string of the molecule is CCCCCCC(C)O[P+](=O)[O-].CCCCCCC(C)O[P+](=O)[O-].CCCCCCC(C)O[P+](=O)[O-].[Fe+3]. The predicted octanol–water partition coefficient (Wildman–Crippen LogP) is 7.14. The molecule has 0 rings (SSSR count). The molecule has 0 heterocycles. The molecule has 6 unspecified atom stereocenters. The van der Waals surface area contributed by atoms with Crippen molar-refractivity contribution < 1.29 is 59.0 Å². The summed E-state index contributed by atoms with van der Waals surface area (Å²) in [6.07, 6.45) is 16.0. The Morgan fingerprint density at radius 3 is 0.865 bits per heavy atom. The fourth-order valence-corrected chi connectivity index (χ4v) is 4.37. The maximum absolute atomic E-state index is 10.1. The minimum absolute atomic E-state index is 0. The van der Waals surface area contributed by atoms with Gasteiger partial charge in [-0.3, -0.25) is 0 Å². The molecule has 1 radical (unpaired) electrons. The van der Waals surface area contributed by atoms with E-state index in [0.29, 0.717) is 0 Å². The first-order valence-electron chi connectivity index (χ1n) is 13.4. The van der Waals surface area contributed by atoms with Gasteiger partial charge in [-0.1, -0.05) is 97.8 Å². The van der Waals surface area contributed by atoms with Gasteiger partial charge in [0.1, 0.15) is 18.3 Å². The smallest absolute Gasteiger partial charge is 0.566 e. The third-order valence-corrected chi connectivity index (χ3v) is 6.79. The van der Waals surface area contributed by atoms with E-state index in [4.69, 9.17) is 0 Å². The Kier molecular flexibility index (Phi) is 41.7. The molecule has 221 valence electrons. The molecule has 37 heavy (non-hydrogen) atoms. The molecule has 0 bridgehead atoms. The quantitative estimate of drug-likeness (QED) is 0.0732. The van der Waals surface area contributed by atoms with Gasteiger partial charge < -0.3 is 14.7 Å². The van der Waals surface area contributed by atoms with Gasteiger partial charge in [-0.2, -0.15) is 0 Å². The maximum atomic E-state index is 10.1. The summed E-state index contributed by atoms with van der Waals surface area (Å²) in [5, 5.41) is 0. The summed E-state index contributed by atoms with van der Waals surface area (Å²) in [6.45, 7) is 11.8. The van der Waals surface area contributed by atoms with Crippen LogP contribution in [0.4, 0.5) is 0 Å². The van der Waals surface area contributed by atoms with Crippen LogP contribution in [0.5, 0.6) is 0 Å². The largest absolute Gasteiger partial charge is 3.00 e. The molecule has 0 aliphatic rings. The maximum Gasteiger partial charge on any atom is 3.00 e. The van der Waals surface area contributed by atoms with Crippen LogP contribution in [0.2, 0.25) is 0 Å². The molecular weight excluding hydrogens is 581 g/mol. The fourth-order valence-electron chi connectivity index (χ4n) is 3.17. The summed E-state index contributed by atoms with van der Waals surface area (Å²) >= 11 is 0. The van der Waals surface area contributed by atoms with Gasteiger partial charge in [0.15, 0.2) is 0 Å². The zero-order chi connectivity index (χ0) is 28.2. The van der Waals surface area contributed by atoms with Gasteiger partial charge in [-0.05, 0) is 53.7 Å². The molecule has 0 amide bonds. The molecule has 0 aliphatic carbocycles. The molecule has 0 aromatic carbocycles. The Hall–Kier alpha value is 0.579. The standard InChI is InChI=1S/3C8H17O3P.Fe/c3*1-3-4-5-6-7-8(2)11-12(9)10;/h3*8H,3-7H2,1-2H3;/q;;;+3. The Bertz CT molecular complexity index is 460. The van der Waals surface area contributed by atoms with Crippen LogP contribution in [-0.4, -0.2) is 18.3 Å². The van der Waals surface area contributed by atoms with E-state index in [9.17, 15) is 28.4 Å². The van der Waals surface area contributed by atoms with E-state index >= 15 is 0 Å². The third-order valence-electron chi connectivity index (χ3n) is 5.19. The number of rotatable bonds is 21. The second kappa shape index (κ2) is 34.6. The van der Waals surface area contributed by atoms with E-state index in [-0.39, 0.29) is 35.4 Å². The van der Waals surface area contributed by atoms with Gasteiger partial charge in [-0.15, -0.1) is 13.6 Å². The zero-order valence-corrected chi connectivity index (χ0v) is 27.5. The van der Waals surface area contributed by atoms with Gasteiger partial charge in [-0.25, -0.2) is 0 Å². The molecule has 6 atom stereocenters. The molecule has 13 heteroatoms. The zero-order valence-electron chi connectivity index (χ0n) is 23.7. The fraction of sp³-hybridized carbons (Fsp3) is 1.00. The van der Waals surface area contributed by atoms with Crippen LogP contribution in [-0.2, 0) is 44.3 Å². The van der Waals surface area contributed by atoms with Gasteiger partial charge in [0.25, 0.3) is 0 Å². The van der Waals surface area contributed by atoms with Crippen molar-refractivity contribution in [1.29, 1.82) is 0 Å². The molecule has 0 spiro atoms. The molecule has 0 fully saturated rings. The molecule has 0 saturated carbocycles. The Balaban J connectivity index is -0.000000218. The van der Waals surface area contributed by atoms with Gasteiger partial charge in [0, 0.05) is 0 Å². The van der Waals surface area contributed by atoms with E-state index in [0.717, 1.165) is 38.5 Å². The first-order valence-corrected chi connectivity index (χ1v) is 16.7. The summed E-state index contributed by atoms with van der Waals surface area (Å²) in [5.41, 5.74) is 0. The van der Waals surface area contributed by atoms with Crippen molar-refractivity contribution in [3.8, 4) is 0 Å². The Labute approximate surface area is 239 Å². The van der Waals surface area contributed by atoms with E-state index in [2.05, 4.69) is 34.3 Å². The summed E-state index contributed by atoms with van der Waals surface area (Å²) < 4.78 is 44.1. The van der Waals surface area contributed by atoms with Crippen molar-refractivity contribution in [3.63, 3.8) is 0 Å². The molecule has 0 aliphatic heterocycles. The molecular formula is C24H51FeO9P3+3. The summed E-state index contributed by atoms with van der Waals surface area (Å²) in [4.78, 5) is 30.3. The van der Waals surface area contributed by atoms with Crippen molar-refractivity contribution >= 4 is 24.8 Å². The summed E-state index contributed by atoms with van der Waals surface area (Å²) in [6, 6.07) is 0. The van der Waals surface area contributed by atoms with Crippen molar-refractivity contribution in [2.75, 3.05) is 0 Å². The second-order valence-corrected chi connectivity index (χ2v) is 10.9. The predicted molar refractivity (Wildman–Crippen MR) is 141 cm³/mol. The van der Waals surface area contributed by atoms with Crippen LogP contribution in [0.1, 0.15) is 138 Å². The number of hydrogen-bond acceptors (Lipinski definition) is 9. The van der Waals surface area contributed by atoms with Gasteiger partial charge in [0.2, 0.25) is 0 Å². The molecule has 0 aromatic heterocycles. The Morgan fingerprint density at radius 2 is 0.703 bits per heavy atom. The minimum Gasteiger partial charge on any atom is -0.566 e. The second-order valence-electron chi connectivity index (χ2n) is 8.97. The normalized spacial score (nSPS) is 14.0. The van der Waals surface area contributed by atoms with Crippen molar-refractivity contribution in [2.45, 2.75) is 156 Å². The van der Waals surface area contributed by atoms with Crippen molar-refractivity contribution in [3.05, 3.63) is 0 Å². The number of unbranched alkanes of at least 4 members (excludes halogenated alkanes) is 9. The van der Waals surface area contributed by atoms with Crippen molar-refractivity contribution in [1.82, 2.24) is 0 Å². The average molecular weight is 632 g/mol. The van der Waals surface area contributed by atoms with Crippen LogP contribution in [0.15, 0.2) is 0 Å². The average Bonchev–Trinajstić information content (AvgIpc) is 2.77. The van der Waals surface area contributed by atoms with Crippen LogP contribution < -0.4 is 14.7 Å². The number of hydrogen-bond donors (Lipinski definition) is 0. The van der Waals surface area contributed by atoms with Gasteiger partial charge in [0.05, 0.1) is 0 Å². The monoisotopic (exact) mass is 632 g/mol. The molecule has 0 aromatic rings. The topological polar surface area (TPSA) is 148 Å². The van der Waals surface area contributed by atoms with Crippen molar-refractivity contribution in [2.24, 2.45) is 0 Å². The first kappa shape index (κ1) is 44.6. The molecule has 0 N–H and O–H groups in total. The summed E-state index contributed by atoms with van der Waals surface area (Å²) in [7, 11) is -7.99. The third kappa shape index (κ3) is 46.8. The molecule has 9 nitrogen and oxygen atoms in total. The van der Waals surface area contributed by atoms with E-state index in [1.807, 2.05) is 0 Å². The Morgan fingerprint density at radius 1 is 0.486 bits per heavy atom. The van der Waals surface area contributed by atoms with E-state index < -0.39 is 24.8 Å². The molecule has 0 saturated heterocycles. The van der Waals surface area contributed by atoms with Crippen LogP contribution >= 0.6 is 24.8 Å². The summed E-state index contributed by atoms with van der Waals surface area (Å²) in [5.74, 6) is 0. The van der Waals surface area contributed by atoms with Crippen LogP contribution in [0.3, 0.4) is 0 Å². The first-order chi connectivity index (χ1) is 17.0. The van der Waals surface area contributed by atoms with E-state index in [1.54, 1.807) is 20.8 Å². The minimum atomic E-state index is -2.66. The van der Waals surface area contributed by atoms with Crippen LogP contribution in [0.25, 0.3) is 0 Å². The van der Waals surface area contributed by atoms with Gasteiger partial charge >= 0.3 is 41.8 Å². The van der Waals surface area contributed by atoms with Crippen LogP contribution in [0, 0.1) is 0 Å². The van der Waals surface area contributed by atoms with E-state index in [1.165, 1.54) is 57.8 Å².